The molecule has 0 radical (unpaired) electrons. The van der Waals surface area contributed by atoms with Crippen molar-refractivity contribution in [2.75, 3.05) is 19.0 Å². The van der Waals surface area contributed by atoms with Crippen molar-refractivity contribution in [2.45, 2.75) is 13.3 Å². The molecule has 0 aromatic heterocycles. The Morgan fingerprint density at radius 2 is 2.29 bits per heavy atom. The predicted octanol–water partition coefficient (Wildman–Crippen LogP) is 1.35. The van der Waals surface area contributed by atoms with Crippen LogP contribution in [-0.4, -0.2) is 19.6 Å². The molecule has 1 rings (SSSR count). The lowest BCUT2D eigenvalue weighted by molar-refractivity contribution is -0.115. The molecule has 90 valence electrons. The minimum absolute atomic E-state index is 0.0627. The van der Waals surface area contributed by atoms with E-state index in [9.17, 15) is 4.79 Å². The van der Waals surface area contributed by atoms with Gasteiger partial charge in [0.05, 0.1) is 19.3 Å². The van der Waals surface area contributed by atoms with Crippen molar-refractivity contribution in [1.82, 2.24) is 0 Å². The number of hydrogen-bond donors (Lipinski definition) is 2. The zero-order valence-electron chi connectivity index (χ0n) is 10.0. The lowest BCUT2D eigenvalue weighted by atomic mass is 10.2. The normalized spacial score (nSPS) is 9.12. The first-order chi connectivity index (χ1) is 8.21. The number of amides is 1. The Morgan fingerprint density at radius 3 is 2.88 bits per heavy atom. The van der Waals surface area contributed by atoms with E-state index in [0.717, 1.165) is 5.56 Å². The summed E-state index contributed by atoms with van der Waals surface area (Å²) in [5.74, 6) is 6.22. The van der Waals surface area contributed by atoms with Gasteiger partial charge in [-0.05, 0) is 18.2 Å². The van der Waals surface area contributed by atoms with Crippen molar-refractivity contribution in [1.29, 1.82) is 0 Å². The van der Waals surface area contributed by atoms with E-state index >= 15 is 0 Å². The molecule has 0 spiro atoms. The lowest BCUT2D eigenvalue weighted by Gasteiger charge is -2.09. The van der Waals surface area contributed by atoms with Gasteiger partial charge in [0, 0.05) is 12.0 Å². The quantitative estimate of drug-likeness (QED) is 0.773. The summed E-state index contributed by atoms with van der Waals surface area (Å²) in [5.41, 5.74) is 6.73. The van der Waals surface area contributed by atoms with Crippen LogP contribution in [0, 0.1) is 11.8 Å². The molecule has 0 aliphatic carbocycles. The second-order valence-corrected chi connectivity index (χ2v) is 3.32. The van der Waals surface area contributed by atoms with Crippen LogP contribution in [0.2, 0.25) is 0 Å². The van der Waals surface area contributed by atoms with Gasteiger partial charge in [0.15, 0.2) is 0 Å². The summed E-state index contributed by atoms with van der Waals surface area (Å²) in [5, 5.41) is 2.76. The fourth-order valence-electron chi connectivity index (χ4n) is 1.28. The van der Waals surface area contributed by atoms with Crippen molar-refractivity contribution in [2.24, 2.45) is 5.73 Å². The first-order valence-electron chi connectivity index (χ1n) is 5.38. The van der Waals surface area contributed by atoms with Gasteiger partial charge in [-0.2, -0.15) is 0 Å². The Morgan fingerprint density at radius 1 is 1.53 bits per heavy atom. The molecule has 0 bridgehead atoms. The van der Waals surface area contributed by atoms with Crippen LogP contribution in [0.15, 0.2) is 18.2 Å². The summed E-state index contributed by atoms with van der Waals surface area (Å²) >= 11 is 0. The fourth-order valence-corrected chi connectivity index (χ4v) is 1.28. The van der Waals surface area contributed by atoms with Crippen LogP contribution < -0.4 is 15.8 Å². The molecule has 4 heteroatoms. The average molecular weight is 232 g/mol. The van der Waals surface area contributed by atoms with Gasteiger partial charge in [-0.1, -0.05) is 18.8 Å². The van der Waals surface area contributed by atoms with E-state index in [1.807, 2.05) is 6.07 Å². The van der Waals surface area contributed by atoms with Crippen LogP contribution in [0.4, 0.5) is 5.69 Å². The van der Waals surface area contributed by atoms with E-state index in [4.69, 9.17) is 10.5 Å². The maximum absolute atomic E-state index is 11.4. The van der Waals surface area contributed by atoms with Gasteiger partial charge in [-0.25, -0.2) is 0 Å². The van der Waals surface area contributed by atoms with Gasteiger partial charge in [0.2, 0.25) is 5.91 Å². The number of hydrogen-bond acceptors (Lipinski definition) is 3. The minimum Gasteiger partial charge on any atom is -0.495 e. The van der Waals surface area contributed by atoms with Crippen LogP contribution in [0.3, 0.4) is 0 Å². The number of ether oxygens (including phenoxy) is 1. The van der Waals surface area contributed by atoms with Gasteiger partial charge in [-0.15, -0.1) is 0 Å². The molecule has 3 N–H and O–H groups in total. The second kappa shape index (κ2) is 6.56. The summed E-state index contributed by atoms with van der Waals surface area (Å²) in [6, 6.07) is 5.37. The van der Waals surface area contributed by atoms with E-state index in [0.29, 0.717) is 24.4 Å². The standard InChI is InChI=1S/C13H16N2O2/c1-3-13(16)15-11-9-10(5-4-8-14)6-7-12(11)17-2/h6-7,9H,3,8,14H2,1-2H3,(H,15,16). The summed E-state index contributed by atoms with van der Waals surface area (Å²) < 4.78 is 5.16. The Bertz CT molecular complexity index is 458. The third-order valence-electron chi connectivity index (χ3n) is 2.13. The highest BCUT2D eigenvalue weighted by Crippen LogP contribution is 2.25. The van der Waals surface area contributed by atoms with E-state index in [1.54, 1.807) is 26.2 Å². The minimum atomic E-state index is -0.0627. The third-order valence-corrected chi connectivity index (χ3v) is 2.13. The molecule has 17 heavy (non-hydrogen) atoms. The number of carbonyl (C=O) groups excluding carboxylic acids is 1. The Labute approximate surface area is 101 Å². The molecule has 1 aromatic rings. The van der Waals surface area contributed by atoms with Gasteiger partial charge in [0.1, 0.15) is 5.75 Å². The molecule has 1 amide bonds. The molecule has 0 heterocycles. The van der Waals surface area contributed by atoms with Crippen molar-refractivity contribution in [3.8, 4) is 17.6 Å². The number of rotatable bonds is 3. The number of methoxy groups -OCH3 is 1. The van der Waals surface area contributed by atoms with Crippen molar-refractivity contribution in [3.05, 3.63) is 23.8 Å². The number of carbonyl (C=O) groups is 1. The third kappa shape index (κ3) is 3.82. The highest BCUT2D eigenvalue weighted by atomic mass is 16.5. The van der Waals surface area contributed by atoms with Crippen LogP contribution >= 0.6 is 0 Å². The maximum Gasteiger partial charge on any atom is 0.224 e. The highest BCUT2D eigenvalue weighted by Gasteiger charge is 2.06. The molecule has 0 fully saturated rings. The van der Waals surface area contributed by atoms with Crippen LogP contribution in [0.25, 0.3) is 0 Å². The van der Waals surface area contributed by atoms with Crippen molar-refractivity contribution < 1.29 is 9.53 Å². The number of nitrogens with two attached hydrogens (primary N) is 1. The summed E-state index contributed by atoms with van der Waals surface area (Å²) in [7, 11) is 1.56. The molecular weight excluding hydrogens is 216 g/mol. The van der Waals surface area contributed by atoms with Crippen LogP contribution in [0.1, 0.15) is 18.9 Å². The van der Waals surface area contributed by atoms with E-state index in [1.165, 1.54) is 0 Å². The predicted molar refractivity (Wildman–Crippen MR) is 67.8 cm³/mol. The molecule has 0 saturated heterocycles. The Balaban J connectivity index is 3.01. The first-order valence-corrected chi connectivity index (χ1v) is 5.38. The molecular formula is C13H16N2O2. The number of benzene rings is 1. The number of nitrogens with one attached hydrogen (secondary N) is 1. The van der Waals surface area contributed by atoms with Crippen molar-refractivity contribution >= 4 is 11.6 Å². The lowest BCUT2D eigenvalue weighted by Crippen LogP contribution is -2.10. The largest absolute Gasteiger partial charge is 0.495 e. The molecule has 1 aromatic carbocycles. The van der Waals surface area contributed by atoms with Crippen molar-refractivity contribution in [3.63, 3.8) is 0 Å². The Kier molecular flexibility index (Phi) is 5.05. The second-order valence-electron chi connectivity index (χ2n) is 3.32. The van der Waals surface area contributed by atoms with Gasteiger partial charge in [-0.3, -0.25) is 4.79 Å². The summed E-state index contributed by atoms with van der Waals surface area (Å²) in [6.07, 6.45) is 0.419. The SMILES string of the molecule is CCC(=O)Nc1cc(C#CCN)ccc1OC. The molecule has 0 saturated carbocycles. The zero-order chi connectivity index (χ0) is 12.7. The van der Waals surface area contributed by atoms with E-state index in [-0.39, 0.29) is 5.91 Å². The average Bonchev–Trinajstić information content (AvgIpc) is 2.36. The monoisotopic (exact) mass is 232 g/mol. The van der Waals surface area contributed by atoms with Gasteiger partial charge >= 0.3 is 0 Å². The molecule has 0 atom stereocenters. The van der Waals surface area contributed by atoms with Gasteiger partial charge < -0.3 is 15.8 Å². The molecule has 0 aliphatic rings. The smallest absolute Gasteiger partial charge is 0.224 e. The fraction of sp³-hybridized carbons (Fsp3) is 0.308. The highest BCUT2D eigenvalue weighted by molar-refractivity contribution is 5.92. The number of anilines is 1. The van der Waals surface area contributed by atoms with Crippen LogP contribution in [-0.2, 0) is 4.79 Å². The summed E-state index contributed by atoms with van der Waals surface area (Å²) in [6.45, 7) is 2.10. The summed E-state index contributed by atoms with van der Waals surface area (Å²) in [4.78, 5) is 11.4. The van der Waals surface area contributed by atoms with Gasteiger partial charge in [0.25, 0.3) is 0 Å². The zero-order valence-corrected chi connectivity index (χ0v) is 10.0. The molecule has 0 aliphatic heterocycles. The maximum atomic E-state index is 11.4. The molecule has 0 unspecified atom stereocenters. The Hall–Kier alpha value is -1.99. The van der Waals surface area contributed by atoms with E-state index < -0.39 is 0 Å². The van der Waals surface area contributed by atoms with E-state index in [2.05, 4.69) is 17.2 Å². The topological polar surface area (TPSA) is 64.4 Å². The first kappa shape index (κ1) is 13.1. The molecule has 4 nitrogen and oxygen atoms in total. The van der Waals surface area contributed by atoms with Crippen LogP contribution in [0.5, 0.6) is 5.75 Å².